The van der Waals surface area contributed by atoms with Gasteiger partial charge in [0.25, 0.3) is 0 Å². The van der Waals surface area contributed by atoms with Crippen LogP contribution in [0.25, 0.3) is 0 Å². The zero-order chi connectivity index (χ0) is 17.5. The molecule has 6 nitrogen and oxygen atoms in total. The molecule has 0 saturated heterocycles. The molecular weight excluding hydrogens is 316 g/mol. The van der Waals surface area contributed by atoms with Crippen LogP contribution in [0.15, 0.2) is 42.2 Å². The predicted octanol–water partition coefficient (Wildman–Crippen LogP) is 4.16. The van der Waals surface area contributed by atoms with Gasteiger partial charge >= 0.3 is 0 Å². The van der Waals surface area contributed by atoms with Crippen molar-refractivity contribution in [1.82, 2.24) is 9.97 Å². The Balaban J connectivity index is 1.61. The number of nitrogens with one attached hydrogen (secondary N) is 1. The number of benzene rings is 1. The number of nitrogens with two attached hydrogens (primary N) is 1. The van der Waals surface area contributed by atoms with E-state index in [-0.39, 0.29) is 0 Å². The number of anilines is 2. The first-order chi connectivity index (χ1) is 12.3. The van der Waals surface area contributed by atoms with Gasteiger partial charge in [0, 0.05) is 6.54 Å². The quantitative estimate of drug-likeness (QED) is 0.736. The third-order valence-electron chi connectivity index (χ3n) is 4.24. The van der Waals surface area contributed by atoms with E-state index in [9.17, 15) is 0 Å². The van der Waals surface area contributed by atoms with Crippen molar-refractivity contribution in [2.45, 2.75) is 32.1 Å². The number of aromatic nitrogens is 2. The molecule has 0 amide bonds. The van der Waals surface area contributed by atoms with Crippen LogP contribution in [-0.4, -0.2) is 23.6 Å². The Labute approximate surface area is 148 Å². The minimum Gasteiger partial charge on any atom is -0.497 e. The highest BCUT2D eigenvalue weighted by atomic mass is 16.5. The van der Waals surface area contributed by atoms with Crippen LogP contribution < -0.4 is 20.5 Å². The van der Waals surface area contributed by atoms with E-state index >= 15 is 0 Å². The Bertz CT molecular complexity index is 729. The van der Waals surface area contributed by atoms with Gasteiger partial charge in [-0.2, -0.15) is 4.98 Å². The summed E-state index contributed by atoms with van der Waals surface area (Å²) in [4.78, 5) is 8.36. The summed E-state index contributed by atoms with van der Waals surface area (Å²) in [5.41, 5.74) is 8.08. The second-order valence-corrected chi connectivity index (χ2v) is 6.00. The van der Waals surface area contributed by atoms with Gasteiger partial charge in [0.15, 0.2) is 5.82 Å². The topological polar surface area (TPSA) is 82.3 Å². The maximum atomic E-state index is 6.15. The SMILES string of the molecule is COc1ccc(Oc2ncnc(NCCC3=CCCCC3)c2N)cc1. The second kappa shape index (κ2) is 8.37. The summed E-state index contributed by atoms with van der Waals surface area (Å²) in [5.74, 6) is 2.36. The number of ether oxygens (including phenoxy) is 2. The molecule has 0 radical (unpaired) electrons. The fourth-order valence-electron chi connectivity index (χ4n) is 2.83. The van der Waals surface area contributed by atoms with Crippen molar-refractivity contribution in [3.8, 4) is 17.4 Å². The number of nitrogens with zero attached hydrogens (tertiary/aromatic N) is 2. The first kappa shape index (κ1) is 17.1. The molecule has 0 spiro atoms. The largest absolute Gasteiger partial charge is 0.497 e. The molecule has 1 heterocycles. The van der Waals surface area contributed by atoms with Gasteiger partial charge in [0.2, 0.25) is 5.88 Å². The van der Waals surface area contributed by atoms with Gasteiger partial charge in [-0.3, -0.25) is 0 Å². The lowest BCUT2D eigenvalue weighted by Crippen LogP contribution is -2.09. The van der Waals surface area contributed by atoms with Crippen LogP contribution in [0.2, 0.25) is 0 Å². The zero-order valence-electron chi connectivity index (χ0n) is 14.5. The Morgan fingerprint density at radius 3 is 2.64 bits per heavy atom. The molecule has 6 heteroatoms. The van der Waals surface area contributed by atoms with Crippen molar-refractivity contribution < 1.29 is 9.47 Å². The fraction of sp³-hybridized carbons (Fsp3) is 0.368. The monoisotopic (exact) mass is 340 g/mol. The Morgan fingerprint density at radius 1 is 1.12 bits per heavy atom. The van der Waals surface area contributed by atoms with Crippen LogP contribution in [0.4, 0.5) is 11.5 Å². The number of methoxy groups -OCH3 is 1. The summed E-state index contributed by atoms with van der Waals surface area (Å²) < 4.78 is 10.9. The first-order valence-electron chi connectivity index (χ1n) is 8.60. The van der Waals surface area contributed by atoms with Crippen LogP contribution in [0.3, 0.4) is 0 Å². The van der Waals surface area contributed by atoms with Gasteiger partial charge in [-0.1, -0.05) is 11.6 Å². The lowest BCUT2D eigenvalue weighted by Gasteiger charge is -2.14. The van der Waals surface area contributed by atoms with E-state index in [2.05, 4.69) is 21.4 Å². The number of allylic oxidation sites excluding steroid dienone is 1. The number of hydrogen-bond acceptors (Lipinski definition) is 6. The van der Waals surface area contributed by atoms with Gasteiger partial charge in [0.05, 0.1) is 7.11 Å². The van der Waals surface area contributed by atoms with E-state index in [1.54, 1.807) is 7.11 Å². The van der Waals surface area contributed by atoms with Gasteiger partial charge < -0.3 is 20.5 Å². The van der Waals surface area contributed by atoms with E-state index in [1.165, 1.54) is 37.6 Å². The zero-order valence-corrected chi connectivity index (χ0v) is 14.5. The third-order valence-corrected chi connectivity index (χ3v) is 4.24. The Kier molecular flexibility index (Phi) is 5.72. The molecule has 0 bridgehead atoms. The summed E-state index contributed by atoms with van der Waals surface area (Å²) in [5, 5.41) is 3.29. The molecule has 1 aliphatic carbocycles. The van der Waals surface area contributed by atoms with Crippen molar-refractivity contribution in [3.05, 3.63) is 42.2 Å². The Morgan fingerprint density at radius 2 is 1.92 bits per heavy atom. The average Bonchev–Trinajstić information content (AvgIpc) is 2.66. The van der Waals surface area contributed by atoms with Crippen LogP contribution in [0.5, 0.6) is 17.4 Å². The maximum Gasteiger partial charge on any atom is 0.248 e. The van der Waals surface area contributed by atoms with E-state index < -0.39 is 0 Å². The van der Waals surface area contributed by atoms with Crippen molar-refractivity contribution >= 4 is 11.5 Å². The summed E-state index contributed by atoms with van der Waals surface area (Å²) in [7, 11) is 1.62. The summed E-state index contributed by atoms with van der Waals surface area (Å²) in [6, 6.07) is 7.26. The molecule has 132 valence electrons. The van der Waals surface area contributed by atoms with Gasteiger partial charge in [-0.05, 0) is 56.4 Å². The van der Waals surface area contributed by atoms with Gasteiger partial charge in [-0.15, -0.1) is 0 Å². The molecule has 0 atom stereocenters. The van der Waals surface area contributed by atoms with Crippen LogP contribution >= 0.6 is 0 Å². The van der Waals surface area contributed by atoms with E-state index in [4.69, 9.17) is 15.2 Å². The van der Waals surface area contributed by atoms with Crippen LogP contribution in [0, 0.1) is 0 Å². The molecular formula is C19H24N4O2. The third kappa shape index (κ3) is 4.62. The summed E-state index contributed by atoms with van der Waals surface area (Å²) in [6.07, 6.45) is 9.82. The van der Waals surface area contributed by atoms with Gasteiger partial charge in [-0.25, -0.2) is 4.98 Å². The summed E-state index contributed by atoms with van der Waals surface area (Å²) >= 11 is 0. The van der Waals surface area contributed by atoms with Crippen molar-refractivity contribution in [1.29, 1.82) is 0 Å². The molecule has 0 saturated carbocycles. The van der Waals surface area contributed by atoms with E-state index in [0.29, 0.717) is 23.1 Å². The normalized spacial score (nSPS) is 13.9. The maximum absolute atomic E-state index is 6.15. The minimum atomic E-state index is 0.347. The molecule has 2 aromatic rings. The predicted molar refractivity (Wildman–Crippen MR) is 99.2 cm³/mol. The lowest BCUT2D eigenvalue weighted by molar-refractivity contribution is 0.412. The molecule has 0 aliphatic heterocycles. The molecule has 1 aliphatic rings. The van der Waals surface area contributed by atoms with Crippen LogP contribution in [-0.2, 0) is 0 Å². The fourth-order valence-corrected chi connectivity index (χ4v) is 2.83. The molecule has 1 aromatic carbocycles. The standard InChI is InChI=1S/C19H24N4O2/c1-24-15-7-9-16(10-8-15)25-19-17(20)18(22-13-23-19)21-12-11-14-5-3-2-4-6-14/h5,7-10,13H,2-4,6,11-12,20H2,1H3,(H,21,22,23). The first-order valence-corrected chi connectivity index (χ1v) is 8.60. The molecule has 0 fully saturated rings. The molecule has 0 unspecified atom stereocenters. The van der Waals surface area contributed by atoms with Crippen molar-refractivity contribution in [2.75, 3.05) is 24.7 Å². The number of hydrogen-bond donors (Lipinski definition) is 2. The van der Waals surface area contributed by atoms with Crippen molar-refractivity contribution in [3.63, 3.8) is 0 Å². The van der Waals surface area contributed by atoms with E-state index in [0.717, 1.165) is 18.7 Å². The number of nitrogen functional groups attached to an aromatic ring is 1. The van der Waals surface area contributed by atoms with Gasteiger partial charge in [0.1, 0.15) is 23.5 Å². The highest BCUT2D eigenvalue weighted by molar-refractivity contribution is 5.67. The molecule has 25 heavy (non-hydrogen) atoms. The summed E-state index contributed by atoms with van der Waals surface area (Å²) in [6.45, 7) is 0.801. The average molecular weight is 340 g/mol. The molecule has 1 aromatic heterocycles. The smallest absolute Gasteiger partial charge is 0.248 e. The Hall–Kier alpha value is -2.76. The van der Waals surface area contributed by atoms with E-state index in [1.807, 2.05) is 24.3 Å². The number of rotatable bonds is 7. The highest BCUT2D eigenvalue weighted by Gasteiger charge is 2.11. The molecule has 3 rings (SSSR count). The lowest BCUT2D eigenvalue weighted by atomic mass is 9.97. The van der Waals surface area contributed by atoms with Crippen molar-refractivity contribution in [2.24, 2.45) is 0 Å². The highest BCUT2D eigenvalue weighted by Crippen LogP contribution is 2.30. The van der Waals surface area contributed by atoms with Crippen LogP contribution in [0.1, 0.15) is 32.1 Å². The second-order valence-electron chi connectivity index (χ2n) is 6.00. The molecule has 3 N–H and O–H groups in total. The minimum absolute atomic E-state index is 0.347.